The molecular weight excluding hydrogens is 1320 g/mol. The monoisotopic (exact) mass is 1410 g/mol. The summed E-state index contributed by atoms with van der Waals surface area (Å²) in [6.45, 7) is 24.2. The first-order chi connectivity index (χ1) is 44.1. The van der Waals surface area contributed by atoms with E-state index >= 15 is 0 Å². The van der Waals surface area contributed by atoms with Crippen LogP contribution < -0.4 is 39.3 Å². The molecule has 15 nitrogen and oxygen atoms in total. The van der Waals surface area contributed by atoms with Crippen LogP contribution in [0.3, 0.4) is 0 Å². The van der Waals surface area contributed by atoms with Crippen molar-refractivity contribution in [2.24, 2.45) is 19.1 Å². The van der Waals surface area contributed by atoms with Crippen LogP contribution in [0.5, 0.6) is 0 Å². The van der Waals surface area contributed by atoms with E-state index in [1.165, 1.54) is 111 Å². The van der Waals surface area contributed by atoms with E-state index in [4.69, 9.17) is 0 Å². The number of nitrogens with one attached hydrogen (secondary N) is 1. The number of aliphatic imine (C=N–C) groups is 1. The Labute approximate surface area is 582 Å². The number of aromatic nitrogens is 2. The molecule has 3 aliphatic heterocycles. The number of carbonyl (C=O) groups excluding carboxylic acids is 2. The summed E-state index contributed by atoms with van der Waals surface area (Å²) in [7, 11) is -7.00. The molecule has 5 heterocycles. The Balaban J connectivity index is 0.000000418. The normalized spacial score (nSPS) is 14.8. The van der Waals surface area contributed by atoms with Crippen molar-refractivity contribution >= 4 is 76.8 Å². The van der Waals surface area contributed by atoms with Crippen molar-refractivity contribution in [2.45, 2.75) is 82.9 Å². The quantitative estimate of drug-likeness (QED) is 0.0384. The molecule has 0 fully saturated rings. The minimum atomic E-state index is -3.90. The maximum atomic E-state index is 12.7. The van der Waals surface area contributed by atoms with Crippen molar-refractivity contribution in [1.29, 1.82) is 0 Å². The summed E-state index contributed by atoms with van der Waals surface area (Å²) >= 11 is 0. The van der Waals surface area contributed by atoms with E-state index in [-0.39, 0.29) is 90.1 Å². The van der Waals surface area contributed by atoms with Gasteiger partial charge in [0.25, 0.3) is 0 Å². The lowest BCUT2D eigenvalue weighted by molar-refractivity contribution is -0.671. The van der Waals surface area contributed by atoms with E-state index in [0.29, 0.717) is 17.6 Å². The molecule has 0 saturated heterocycles. The molecule has 2 N–H and O–H groups in total. The van der Waals surface area contributed by atoms with Gasteiger partial charge in [0.15, 0.2) is 40.4 Å². The zero-order valence-corrected chi connectivity index (χ0v) is 60.4. The number of benzene rings is 5. The fourth-order valence-corrected chi connectivity index (χ4v) is 13.9. The fraction of sp³-hybridized carbons (Fsp3) is 0.257. The Morgan fingerprint density at radius 2 is 0.947 bits per heavy atom. The van der Waals surface area contributed by atoms with Gasteiger partial charge in [0, 0.05) is 59.1 Å². The topological polar surface area (TPSA) is 195 Å². The van der Waals surface area contributed by atoms with Crippen LogP contribution in [0, 0.1) is 0 Å². The van der Waals surface area contributed by atoms with Crippen molar-refractivity contribution in [3.05, 3.63) is 263 Å². The van der Waals surface area contributed by atoms with Crippen LogP contribution in [0.25, 0.3) is 16.9 Å². The molecule has 0 aliphatic carbocycles. The second-order valence-electron chi connectivity index (χ2n) is 21.0. The smallest absolute Gasteiger partial charge is 0.211 e. The van der Waals surface area contributed by atoms with Crippen LogP contribution >= 0.6 is 12.4 Å². The molecule has 0 bridgehead atoms. The average molecular weight is 1410 g/mol. The number of halogens is 3. The molecular formula is C74H89Cl3N6O9S3. The number of sulfone groups is 3. The highest BCUT2D eigenvalue weighted by Crippen LogP contribution is 2.39. The first-order valence-electron chi connectivity index (χ1n) is 30.9. The molecule has 0 atom stereocenters. The number of rotatable bonds is 17. The van der Waals surface area contributed by atoms with Gasteiger partial charge in [0.1, 0.15) is 35.4 Å². The highest BCUT2D eigenvalue weighted by Gasteiger charge is 2.39. The number of carbonyl (C=O) groups is 2. The van der Waals surface area contributed by atoms with E-state index in [1.807, 2.05) is 102 Å². The highest BCUT2D eigenvalue weighted by molar-refractivity contribution is 7.97. The summed E-state index contributed by atoms with van der Waals surface area (Å²) in [6.07, 6.45) is 23.1. The van der Waals surface area contributed by atoms with E-state index < -0.39 is 35.3 Å². The van der Waals surface area contributed by atoms with E-state index in [0.717, 1.165) is 17.8 Å². The van der Waals surface area contributed by atoms with Crippen LogP contribution in [0.4, 0.5) is 11.4 Å². The largest absolute Gasteiger partial charge is 1.00 e. The maximum Gasteiger partial charge on any atom is 0.211 e. The number of pyridine rings is 2. The molecule has 0 amide bonds. The predicted molar refractivity (Wildman–Crippen MR) is 380 cm³/mol. The van der Waals surface area contributed by atoms with E-state index in [2.05, 4.69) is 124 Å². The molecule has 5 aromatic carbocycles. The number of hydrogen-bond acceptors (Lipinski definition) is 13. The van der Waals surface area contributed by atoms with E-state index in [9.17, 15) is 39.9 Å². The first kappa shape index (κ1) is 83.2. The zero-order chi connectivity index (χ0) is 67.3. The van der Waals surface area contributed by atoms with E-state index in [1.54, 1.807) is 49.4 Å². The SMILES string of the molecule is CCC(C=CC1=C(O)c2ccccc2S1(=O)=O)=CC=C1C(=O)c2ccccc2S1(=O)=O.CCC(C=CNc1ccccc1)=CC=Nc1ccccc1.CCN(CC)CC.CCN(CC)CC.C[n+]1ccc(-c2cc[n+](C)cc2)cc1.Cl.O=C1CS(=O)(=O)c2ccccc21.[Cl-].[Cl-]. The molecule has 508 valence electrons. The van der Waals surface area contributed by atoms with Crippen molar-refractivity contribution in [1.82, 2.24) is 9.80 Å². The Kier molecular flexibility index (Phi) is 36.6. The standard InChI is InChI=1S/C23H18O6S2.C19H20N2.C12H14N2.C8H6O3S.2C6H15N.3ClH/c1-2-15(11-13-20-22(24)16-7-3-5-9-18(16)30(20,26)27)12-14-21-23(25)17-8-4-6-10-19(17)31(21,28)29;1-2-17(13-15-20-18-9-5-3-6-10-18)14-16-21-19-11-7-4-8-12-19;1-13-7-3-11(4-8-13)12-5-9-14(2)10-6-12;9-7-5-12(10,11)8-4-2-1-3-6(7)8;2*1-4-7(5-2)6-3;;;/h3-14,24H,2H2,1H3;3-16,20H,2H2,1H3;3-10H,1-2H3;1-4H,5H2;2*4-6H2,1-3H3;3*1H/q;;+2;;;;;;/p-2. The van der Waals surface area contributed by atoms with Gasteiger partial charge in [-0.3, -0.25) is 14.6 Å². The minimum Gasteiger partial charge on any atom is -1.00 e. The number of ketones is 2. The maximum absolute atomic E-state index is 12.7. The van der Waals surface area contributed by atoms with Gasteiger partial charge in [-0.05, 0) is 153 Å². The Morgan fingerprint density at radius 3 is 1.39 bits per heavy atom. The number of Topliss-reactive ketones (excluding diaryl/α,β-unsaturated/α-hetero) is 2. The van der Waals surface area contributed by atoms with Gasteiger partial charge in [-0.1, -0.05) is 146 Å². The molecule has 21 heteroatoms. The second kappa shape index (κ2) is 41.8. The number of hydrogen-bond donors (Lipinski definition) is 2. The van der Waals surface area contributed by atoms with Crippen LogP contribution in [-0.2, 0) is 43.6 Å². The highest BCUT2D eigenvalue weighted by atomic mass is 35.5. The van der Waals surface area contributed by atoms with Crippen molar-refractivity contribution < 1.29 is 73.9 Å². The number of aliphatic hydroxyl groups is 1. The molecule has 0 radical (unpaired) electrons. The van der Waals surface area contributed by atoms with Gasteiger partial charge >= 0.3 is 0 Å². The molecule has 2 aromatic heterocycles. The molecule has 0 unspecified atom stereocenters. The fourth-order valence-electron chi connectivity index (χ4n) is 9.36. The van der Waals surface area contributed by atoms with Crippen LogP contribution in [0.15, 0.2) is 266 Å². The van der Waals surface area contributed by atoms with Crippen LogP contribution in [0.2, 0.25) is 0 Å². The van der Waals surface area contributed by atoms with Crippen LogP contribution in [-0.4, -0.2) is 103 Å². The molecule has 7 aromatic rings. The molecule has 95 heavy (non-hydrogen) atoms. The first-order valence-corrected chi connectivity index (χ1v) is 35.5. The molecule has 0 spiro atoms. The molecule has 10 rings (SSSR count). The van der Waals surface area contributed by atoms with Crippen LogP contribution in [0.1, 0.15) is 94.5 Å². The Morgan fingerprint density at radius 1 is 0.526 bits per heavy atom. The van der Waals surface area contributed by atoms with Gasteiger partial charge < -0.3 is 45.0 Å². The third-order valence-corrected chi connectivity index (χ3v) is 20.4. The molecule has 0 saturated carbocycles. The number of allylic oxidation sites excluding steroid dienone is 9. The number of aliphatic hydroxyl groups excluding tert-OH is 1. The van der Waals surface area contributed by atoms with Crippen molar-refractivity contribution in [3.63, 3.8) is 0 Å². The summed E-state index contributed by atoms with van der Waals surface area (Å²) < 4.78 is 77.3. The minimum absolute atomic E-state index is 0. The number of para-hydroxylation sites is 2. The average Bonchev–Trinajstić information content (AvgIpc) is 1.68. The number of nitrogens with zero attached hydrogens (tertiary/aromatic N) is 5. The summed E-state index contributed by atoms with van der Waals surface area (Å²) in [5, 5.41) is 13.6. The lowest BCUT2D eigenvalue weighted by Gasteiger charge is -2.13. The second-order valence-corrected chi connectivity index (χ2v) is 26.7. The Bertz CT molecular complexity index is 4090. The Hall–Kier alpha value is -7.91. The van der Waals surface area contributed by atoms with Crippen molar-refractivity contribution in [3.8, 4) is 11.1 Å². The third-order valence-electron chi connectivity index (χ3n) is 15.0. The number of aryl methyl sites for hydroxylation is 2. The van der Waals surface area contributed by atoms with Gasteiger partial charge in [-0.2, -0.15) is 0 Å². The van der Waals surface area contributed by atoms with Gasteiger partial charge in [-0.25, -0.2) is 34.4 Å². The van der Waals surface area contributed by atoms with Crippen molar-refractivity contribution in [2.75, 3.05) is 50.3 Å². The lowest BCUT2D eigenvalue weighted by atomic mass is 10.1. The number of fused-ring (bicyclic) bond motifs is 3. The van der Waals surface area contributed by atoms with Gasteiger partial charge in [-0.15, -0.1) is 12.4 Å². The third kappa shape index (κ3) is 24.4. The summed E-state index contributed by atoms with van der Waals surface area (Å²) in [4.78, 5) is 32.4. The predicted octanol–water partition coefficient (Wildman–Crippen LogP) is 8.28. The van der Waals surface area contributed by atoms with Gasteiger partial charge in [0.2, 0.25) is 25.5 Å². The van der Waals surface area contributed by atoms with Gasteiger partial charge in [0.05, 0.1) is 20.4 Å². The summed E-state index contributed by atoms with van der Waals surface area (Å²) in [5.41, 5.74) is 7.08. The molecule has 3 aliphatic rings. The lowest BCUT2D eigenvalue weighted by Crippen LogP contribution is -3.00. The summed E-state index contributed by atoms with van der Waals surface area (Å²) in [5.74, 6) is -1.57. The summed E-state index contributed by atoms with van der Waals surface area (Å²) in [6, 6.07) is 47.0. The number of anilines is 1. The zero-order valence-electron chi connectivity index (χ0n) is 55.6.